The summed E-state index contributed by atoms with van der Waals surface area (Å²) in [6.07, 6.45) is 6.01. The summed E-state index contributed by atoms with van der Waals surface area (Å²) in [5.41, 5.74) is 0. The second-order valence-electron chi connectivity index (χ2n) is 2.52. The molecular formula is C7H13NO. The van der Waals surface area contributed by atoms with Gasteiger partial charge in [-0.05, 0) is 12.3 Å². The van der Waals surface area contributed by atoms with E-state index >= 15 is 0 Å². The number of nitrogens with zero attached hydrogens (tertiary/aromatic N) is 1. The van der Waals surface area contributed by atoms with Gasteiger partial charge in [0.2, 0.25) is 0 Å². The molecule has 52 valence electrons. The van der Waals surface area contributed by atoms with E-state index in [0.717, 1.165) is 19.4 Å². The monoisotopic (exact) mass is 127 g/mol. The van der Waals surface area contributed by atoms with Crippen molar-refractivity contribution in [2.24, 2.45) is 5.92 Å². The Kier molecular flexibility index (Phi) is 2.11. The van der Waals surface area contributed by atoms with Crippen molar-refractivity contribution in [1.82, 2.24) is 5.06 Å². The fourth-order valence-electron chi connectivity index (χ4n) is 1.07. The van der Waals surface area contributed by atoms with Gasteiger partial charge in [0.1, 0.15) is 0 Å². The van der Waals surface area contributed by atoms with Crippen molar-refractivity contribution in [1.29, 1.82) is 0 Å². The zero-order chi connectivity index (χ0) is 6.69. The zero-order valence-corrected chi connectivity index (χ0v) is 5.75. The van der Waals surface area contributed by atoms with Gasteiger partial charge in [-0.1, -0.05) is 19.4 Å². The molecule has 2 nitrogen and oxygen atoms in total. The molecule has 0 aliphatic carbocycles. The Balaban J connectivity index is 2.38. The summed E-state index contributed by atoms with van der Waals surface area (Å²) < 4.78 is 0. The van der Waals surface area contributed by atoms with Crippen LogP contribution >= 0.6 is 0 Å². The van der Waals surface area contributed by atoms with Gasteiger partial charge in [-0.3, -0.25) is 10.3 Å². The van der Waals surface area contributed by atoms with Crippen LogP contribution in [-0.4, -0.2) is 16.8 Å². The minimum absolute atomic E-state index is 0.653. The number of allylic oxidation sites excluding steroid dienone is 1. The molecule has 9 heavy (non-hydrogen) atoms. The highest BCUT2D eigenvalue weighted by Crippen LogP contribution is 2.14. The van der Waals surface area contributed by atoms with Crippen molar-refractivity contribution in [3.63, 3.8) is 0 Å². The molecule has 0 aromatic heterocycles. The summed E-state index contributed by atoms with van der Waals surface area (Å²) in [4.78, 5) is 0. The minimum Gasteiger partial charge on any atom is -0.289 e. The number of hydrogen-bond donors (Lipinski definition) is 1. The highest BCUT2D eigenvalue weighted by atomic mass is 16.5. The third-order valence-electron chi connectivity index (χ3n) is 1.77. The summed E-state index contributed by atoms with van der Waals surface area (Å²) in [7, 11) is 0. The average Bonchev–Trinajstić information content (AvgIpc) is 1.88. The molecule has 0 aromatic carbocycles. The minimum atomic E-state index is 0.653. The lowest BCUT2D eigenvalue weighted by Crippen LogP contribution is -2.23. The van der Waals surface area contributed by atoms with Gasteiger partial charge in [0, 0.05) is 12.7 Å². The molecule has 1 unspecified atom stereocenters. The molecule has 0 aromatic rings. The molecule has 1 aliphatic heterocycles. The molecule has 1 rings (SSSR count). The molecule has 0 fully saturated rings. The van der Waals surface area contributed by atoms with Gasteiger partial charge in [-0.25, -0.2) is 0 Å². The maximum Gasteiger partial charge on any atom is 0.0477 e. The topological polar surface area (TPSA) is 23.5 Å². The molecule has 1 atom stereocenters. The molecule has 1 N–H and O–H groups in total. The van der Waals surface area contributed by atoms with E-state index in [-0.39, 0.29) is 0 Å². The molecule has 0 radical (unpaired) electrons. The van der Waals surface area contributed by atoms with Crippen molar-refractivity contribution < 1.29 is 5.21 Å². The van der Waals surface area contributed by atoms with Crippen LogP contribution in [0, 0.1) is 5.92 Å². The van der Waals surface area contributed by atoms with Gasteiger partial charge in [0.05, 0.1) is 0 Å². The molecule has 1 aliphatic rings. The number of hydrogen-bond acceptors (Lipinski definition) is 2. The molecule has 0 amide bonds. The van der Waals surface area contributed by atoms with E-state index in [1.165, 1.54) is 5.06 Å². The Labute approximate surface area is 55.7 Å². The van der Waals surface area contributed by atoms with Crippen molar-refractivity contribution in [3.8, 4) is 0 Å². The van der Waals surface area contributed by atoms with Gasteiger partial charge in [0.15, 0.2) is 0 Å². The molecule has 0 saturated carbocycles. The molecule has 0 saturated heterocycles. The third kappa shape index (κ3) is 1.72. The summed E-state index contributed by atoms with van der Waals surface area (Å²) >= 11 is 0. The van der Waals surface area contributed by atoms with Crippen LogP contribution in [0.2, 0.25) is 0 Å². The fourth-order valence-corrected chi connectivity index (χ4v) is 1.07. The first kappa shape index (κ1) is 6.62. The van der Waals surface area contributed by atoms with E-state index in [4.69, 9.17) is 5.21 Å². The van der Waals surface area contributed by atoms with Gasteiger partial charge < -0.3 is 0 Å². The Hall–Kier alpha value is -0.500. The number of rotatable bonds is 1. The van der Waals surface area contributed by atoms with Gasteiger partial charge in [-0.15, -0.1) is 0 Å². The van der Waals surface area contributed by atoms with E-state index in [1.807, 2.05) is 6.08 Å². The Morgan fingerprint density at radius 2 is 2.56 bits per heavy atom. The summed E-state index contributed by atoms with van der Waals surface area (Å²) in [6.45, 7) is 2.95. The van der Waals surface area contributed by atoms with Crippen LogP contribution in [0.25, 0.3) is 0 Å². The first-order chi connectivity index (χ1) is 4.33. The van der Waals surface area contributed by atoms with E-state index in [0.29, 0.717) is 5.92 Å². The Morgan fingerprint density at radius 1 is 1.78 bits per heavy atom. The van der Waals surface area contributed by atoms with Crippen LogP contribution < -0.4 is 0 Å². The Morgan fingerprint density at radius 3 is 3.00 bits per heavy atom. The predicted octanol–water partition coefficient (Wildman–Crippen LogP) is 1.62. The molecule has 0 bridgehead atoms. The quantitative estimate of drug-likeness (QED) is 0.578. The van der Waals surface area contributed by atoms with E-state index < -0.39 is 0 Å². The first-order valence-corrected chi connectivity index (χ1v) is 3.45. The maximum atomic E-state index is 8.96. The SMILES string of the molecule is CCC1CC=CN(O)C1. The second kappa shape index (κ2) is 2.87. The van der Waals surface area contributed by atoms with Crippen LogP contribution in [0.3, 0.4) is 0 Å². The lowest BCUT2D eigenvalue weighted by molar-refractivity contribution is -0.0585. The molecule has 2 heteroatoms. The van der Waals surface area contributed by atoms with Crippen LogP contribution in [0.5, 0.6) is 0 Å². The van der Waals surface area contributed by atoms with Crippen LogP contribution in [-0.2, 0) is 0 Å². The highest BCUT2D eigenvalue weighted by molar-refractivity contribution is 4.87. The van der Waals surface area contributed by atoms with Gasteiger partial charge in [-0.2, -0.15) is 0 Å². The number of hydroxylamine groups is 2. The van der Waals surface area contributed by atoms with Crippen molar-refractivity contribution in [3.05, 3.63) is 12.3 Å². The Bertz CT molecular complexity index is 111. The van der Waals surface area contributed by atoms with Crippen molar-refractivity contribution >= 4 is 0 Å². The van der Waals surface area contributed by atoms with Gasteiger partial charge >= 0.3 is 0 Å². The van der Waals surface area contributed by atoms with Crippen LogP contribution in [0.1, 0.15) is 19.8 Å². The normalized spacial score (nSPS) is 26.9. The summed E-state index contributed by atoms with van der Waals surface area (Å²) in [6, 6.07) is 0. The van der Waals surface area contributed by atoms with E-state index in [1.54, 1.807) is 6.20 Å². The van der Waals surface area contributed by atoms with Gasteiger partial charge in [0.25, 0.3) is 0 Å². The molecule has 1 heterocycles. The van der Waals surface area contributed by atoms with Crippen molar-refractivity contribution in [2.45, 2.75) is 19.8 Å². The maximum absolute atomic E-state index is 8.96. The lowest BCUT2D eigenvalue weighted by atomic mass is 10.0. The standard InChI is InChI=1S/C7H13NO/c1-2-7-4-3-5-8(9)6-7/h3,5,7,9H,2,4,6H2,1H3. The highest BCUT2D eigenvalue weighted by Gasteiger charge is 2.10. The average molecular weight is 127 g/mol. The summed E-state index contributed by atoms with van der Waals surface area (Å²) in [5.74, 6) is 0.653. The first-order valence-electron chi connectivity index (χ1n) is 3.45. The smallest absolute Gasteiger partial charge is 0.0477 e. The van der Waals surface area contributed by atoms with Crippen molar-refractivity contribution in [2.75, 3.05) is 6.54 Å². The lowest BCUT2D eigenvalue weighted by Gasteiger charge is -2.22. The fraction of sp³-hybridized carbons (Fsp3) is 0.714. The van der Waals surface area contributed by atoms with Crippen LogP contribution in [0.15, 0.2) is 12.3 Å². The largest absolute Gasteiger partial charge is 0.289 e. The molecule has 0 spiro atoms. The second-order valence-corrected chi connectivity index (χ2v) is 2.52. The summed E-state index contributed by atoms with van der Waals surface area (Å²) in [5, 5.41) is 10.2. The van der Waals surface area contributed by atoms with E-state index in [9.17, 15) is 0 Å². The van der Waals surface area contributed by atoms with E-state index in [2.05, 4.69) is 6.92 Å². The van der Waals surface area contributed by atoms with Crippen LogP contribution in [0.4, 0.5) is 0 Å². The zero-order valence-electron chi connectivity index (χ0n) is 5.75. The predicted molar refractivity (Wildman–Crippen MR) is 36.0 cm³/mol. The third-order valence-corrected chi connectivity index (χ3v) is 1.77. The molecular weight excluding hydrogens is 114 g/mol.